The van der Waals surface area contributed by atoms with E-state index in [1.165, 1.54) is 6.08 Å². The van der Waals surface area contributed by atoms with Crippen LogP contribution in [0.25, 0.3) is 6.08 Å². The fourth-order valence-electron chi connectivity index (χ4n) is 1.12. The van der Waals surface area contributed by atoms with Crippen molar-refractivity contribution >= 4 is 12.0 Å². The molecule has 0 spiro atoms. The van der Waals surface area contributed by atoms with Gasteiger partial charge in [0.05, 0.1) is 6.61 Å². The molecule has 16 heavy (non-hydrogen) atoms. The highest BCUT2D eigenvalue weighted by molar-refractivity contribution is 5.90. The molecule has 0 bridgehead atoms. The SMILES string of the molecule is CC(C)COc1ccc(/C=C\C(N)=O)cc1. The Morgan fingerprint density at radius 3 is 2.50 bits per heavy atom. The summed E-state index contributed by atoms with van der Waals surface area (Å²) >= 11 is 0. The second-order valence-electron chi connectivity index (χ2n) is 4.01. The molecule has 0 saturated carbocycles. The average molecular weight is 219 g/mol. The van der Waals surface area contributed by atoms with Gasteiger partial charge in [-0.05, 0) is 29.7 Å². The molecule has 0 fully saturated rings. The van der Waals surface area contributed by atoms with E-state index in [0.717, 1.165) is 11.3 Å². The number of carbonyl (C=O) groups is 1. The number of hydrogen-bond donors (Lipinski definition) is 1. The molecule has 0 aliphatic carbocycles. The van der Waals surface area contributed by atoms with Crippen LogP contribution in [-0.4, -0.2) is 12.5 Å². The van der Waals surface area contributed by atoms with Crippen molar-refractivity contribution in [3.63, 3.8) is 0 Å². The molecule has 0 aliphatic rings. The fraction of sp³-hybridized carbons (Fsp3) is 0.308. The van der Waals surface area contributed by atoms with Crippen molar-refractivity contribution in [3.05, 3.63) is 35.9 Å². The van der Waals surface area contributed by atoms with Gasteiger partial charge in [0.25, 0.3) is 0 Å². The first-order chi connectivity index (χ1) is 7.58. The minimum Gasteiger partial charge on any atom is -0.493 e. The molecule has 3 nitrogen and oxygen atoms in total. The van der Waals surface area contributed by atoms with Crippen molar-refractivity contribution in [2.45, 2.75) is 13.8 Å². The van der Waals surface area contributed by atoms with Crippen LogP contribution in [0.5, 0.6) is 5.75 Å². The maximum Gasteiger partial charge on any atom is 0.241 e. The summed E-state index contributed by atoms with van der Waals surface area (Å²) in [4.78, 5) is 10.5. The Morgan fingerprint density at radius 1 is 1.38 bits per heavy atom. The Kier molecular flexibility index (Phi) is 4.58. The predicted molar refractivity (Wildman–Crippen MR) is 65.0 cm³/mol. The number of hydrogen-bond acceptors (Lipinski definition) is 2. The normalized spacial score (nSPS) is 10.9. The highest BCUT2D eigenvalue weighted by Crippen LogP contribution is 2.13. The summed E-state index contributed by atoms with van der Waals surface area (Å²) in [6.07, 6.45) is 3.01. The standard InChI is InChI=1S/C13H17NO2/c1-10(2)9-16-12-6-3-11(4-7-12)5-8-13(14)15/h3-8,10H,9H2,1-2H3,(H2,14,15)/b8-5-. The molecule has 0 radical (unpaired) electrons. The van der Waals surface area contributed by atoms with E-state index in [1.54, 1.807) is 6.08 Å². The Bertz CT molecular complexity index is 366. The van der Waals surface area contributed by atoms with E-state index >= 15 is 0 Å². The summed E-state index contributed by atoms with van der Waals surface area (Å²) in [5.41, 5.74) is 5.93. The third-order valence-corrected chi connectivity index (χ3v) is 1.90. The van der Waals surface area contributed by atoms with Crippen molar-refractivity contribution in [3.8, 4) is 5.75 Å². The van der Waals surface area contributed by atoms with Crippen LogP contribution in [0.1, 0.15) is 19.4 Å². The lowest BCUT2D eigenvalue weighted by Gasteiger charge is -2.08. The zero-order valence-corrected chi connectivity index (χ0v) is 9.64. The molecular weight excluding hydrogens is 202 g/mol. The quantitative estimate of drug-likeness (QED) is 0.772. The average Bonchev–Trinajstić information content (AvgIpc) is 2.25. The van der Waals surface area contributed by atoms with Gasteiger partial charge < -0.3 is 10.5 Å². The number of amides is 1. The predicted octanol–water partition coefficient (Wildman–Crippen LogP) is 2.22. The van der Waals surface area contributed by atoms with Crippen molar-refractivity contribution in [2.75, 3.05) is 6.61 Å². The third kappa shape index (κ3) is 4.64. The molecule has 0 atom stereocenters. The van der Waals surface area contributed by atoms with Gasteiger partial charge in [-0.25, -0.2) is 0 Å². The zero-order valence-electron chi connectivity index (χ0n) is 9.64. The van der Waals surface area contributed by atoms with Crippen LogP contribution in [0, 0.1) is 5.92 Å². The van der Waals surface area contributed by atoms with Gasteiger partial charge in [0.2, 0.25) is 5.91 Å². The molecule has 2 N–H and O–H groups in total. The largest absolute Gasteiger partial charge is 0.493 e. The van der Waals surface area contributed by atoms with E-state index in [4.69, 9.17) is 10.5 Å². The minimum absolute atomic E-state index is 0.444. The number of nitrogens with two attached hydrogens (primary N) is 1. The Morgan fingerprint density at radius 2 is 2.00 bits per heavy atom. The maximum absolute atomic E-state index is 10.5. The number of benzene rings is 1. The molecule has 0 aromatic heterocycles. The molecule has 1 aromatic rings. The van der Waals surface area contributed by atoms with E-state index in [0.29, 0.717) is 12.5 Å². The van der Waals surface area contributed by atoms with Crippen molar-refractivity contribution in [1.82, 2.24) is 0 Å². The van der Waals surface area contributed by atoms with Crippen molar-refractivity contribution < 1.29 is 9.53 Å². The first-order valence-corrected chi connectivity index (χ1v) is 5.28. The molecule has 1 rings (SSSR count). The molecule has 1 aromatic carbocycles. The first-order valence-electron chi connectivity index (χ1n) is 5.28. The van der Waals surface area contributed by atoms with Crippen molar-refractivity contribution in [1.29, 1.82) is 0 Å². The van der Waals surface area contributed by atoms with Gasteiger partial charge in [-0.2, -0.15) is 0 Å². The highest BCUT2D eigenvalue weighted by Gasteiger charge is 1.96. The van der Waals surface area contributed by atoms with E-state index in [-0.39, 0.29) is 0 Å². The third-order valence-electron chi connectivity index (χ3n) is 1.90. The molecule has 0 heterocycles. The second-order valence-corrected chi connectivity index (χ2v) is 4.01. The molecule has 0 unspecified atom stereocenters. The highest BCUT2D eigenvalue weighted by atomic mass is 16.5. The lowest BCUT2D eigenvalue weighted by molar-refractivity contribution is -0.113. The molecule has 0 saturated heterocycles. The molecule has 1 amide bonds. The van der Waals surface area contributed by atoms with Crippen LogP contribution in [0.15, 0.2) is 30.3 Å². The Hall–Kier alpha value is -1.77. The zero-order chi connectivity index (χ0) is 12.0. The lowest BCUT2D eigenvalue weighted by atomic mass is 10.2. The fourth-order valence-corrected chi connectivity index (χ4v) is 1.12. The summed E-state index contributed by atoms with van der Waals surface area (Å²) < 4.78 is 5.53. The molecular formula is C13H17NO2. The summed E-state index contributed by atoms with van der Waals surface area (Å²) in [7, 11) is 0. The molecule has 86 valence electrons. The molecule has 3 heteroatoms. The van der Waals surface area contributed by atoms with Crippen LogP contribution in [0.3, 0.4) is 0 Å². The second kappa shape index (κ2) is 5.95. The maximum atomic E-state index is 10.5. The van der Waals surface area contributed by atoms with E-state index < -0.39 is 5.91 Å². The number of rotatable bonds is 5. The van der Waals surface area contributed by atoms with Gasteiger partial charge in [-0.3, -0.25) is 4.79 Å². The van der Waals surface area contributed by atoms with Crippen LogP contribution >= 0.6 is 0 Å². The smallest absolute Gasteiger partial charge is 0.241 e. The van der Waals surface area contributed by atoms with Gasteiger partial charge in [0.15, 0.2) is 0 Å². The monoisotopic (exact) mass is 219 g/mol. The number of primary amides is 1. The van der Waals surface area contributed by atoms with Crippen LogP contribution < -0.4 is 10.5 Å². The van der Waals surface area contributed by atoms with Crippen molar-refractivity contribution in [2.24, 2.45) is 11.7 Å². The van der Waals surface area contributed by atoms with Crippen LogP contribution in [0.2, 0.25) is 0 Å². The molecule has 0 aliphatic heterocycles. The lowest BCUT2D eigenvalue weighted by Crippen LogP contribution is -2.05. The van der Waals surface area contributed by atoms with E-state index in [9.17, 15) is 4.79 Å². The summed E-state index contributed by atoms with van der Waals surface area (Å²) in [6.45, 7) is 4.91. The summed E-state index contributed by atoms with van der Waals surface area (Å²) in [5.74, 6) is 0.902. The van der Waals surface area contributed by atoms with Gasteiger partial charge in [0, 0.05) is 6.08 Å². The minimum atomic E-state index is -0.444. The Balaban J connectivity index is 2.57. The van der Waals surface area contributed by atoms with Gasteiger partial charge >= 0.3 is 0 Å². The Labute approximate surface area is 95.9 Å². The topological polar surface area (TPSA) is 52.3 Å². The van der Waals surface area contributed by atoms with Crippen LogP contribution in [-0.2, 0) is 4.79 Å². The summed E-state index contributed by atoms with van der Waals surface area (Å²) in [5, 5.41) is 0. The van der Waals surface area contributed by atoms with E-state index in [2.05, 4.69) is 13.8 Å². The van der Waals surface area contributed by atoms with E-state index in [1.807, 2.05) is 24.3 Å². The first kappa shape index (κ1) is 12.3. The summed E-state index contributed by atoms with van der Waals surface area (Å²) in [6, 6.07) is 7.52. The van der Waals surface area contributed by atoms with Gasteiger partial charge in [-0.15, -0.1) is 0 Å². The number of ether oxygens (including phenoxy) is 1. The number of carbonyl (C=O) groups excluding carboxylic acids is 1. The van der Waals surface area contributed by atoms with Gasteiger partial charge in [-0.1, -0.05) is 26.0 Å². The van der Waals surface area contributed by atoms with Gasteiger partial charge in [0.1, 0.15) is 5.75 Å². The van der Waals surface area contributed by atoms with Crippen LogP contribution in [0.4, 0.5) is 0 Å².